The molecular formula is C8H9BrN4. The van der Waals surface area contributed by atoms with Crippen LogP contribution in [0.15, 0.2) is 23.1 Å². The van der Waals surface area contributed by atoms with Gasteiger partial charge in [-0.15, -0.1) is 0 Å². The molecule has 0 radical (unpaired) electrons. The topological polar surface area (TPSA) is 56.2 Å². The highest BCUT2D eigenvalue weighted by atomic mass is 79.9. The maximum Gasteiger partial charge on any atom is 0.136 e. The smallest absolute Gasteiger partial charge is 0.136 e. The molecule has 5 heteroatoms. The van der Waals surface area contributed by atoms with Gasteiger partial charge in [-0.1, -0.05) is 0 Å². The van der Waals surface area contributed by atoms with Gasteiger partial charge >= 0.3 is 0 Å². The van der Waals surface area contributed by atoms with Crippen LogP contribution in [0.2, 0.25) is 0 Å². The SMILES string of the molecule is NCCc1cc(Br)c2cncnn12. The van der Waals surface area contributed by atoms with Crippen LogP contribution in [-0.2, 0) is 6.42 Å². The van der Waals surface area contributed by atoms with Gasteiger partial charge in [-0.3, -0.25) is 0 Å². The van der Waals surface area contributed by atoms with E-state index in [0.29, 0.717) is 6.54 Å². The maximum absolute atomic E-state index is 5.49. The van der Waals surface area contributed by atoms with Gasteiger partial charge in [0, 0.05) is 16.6 Å². The van der Waals surface area contributed by atoms with E-state index < -0.39 is 0 Å². The van der Waals surface area contributed by atoms with Crippen molar-refractivity contribution in [3.8, 4) is 0 Å². The van der Waals surface area contributed by atoms with E-state index in [-0.39, 0.29) is 0 Å². The molecule has 2 aromatic rings. The van der Waals surface area contributed by atoms with Gasteiger partial charge in [0.25, 0.3) is 0 Å². The molecule has 0 aliphatic carbocycles. The Hall–Kier alpha value is -0.940. The zero-order valence-corrected chi connectivity index (χ0v) is 8.53. The second-order valence-corrected chi connectivity index (χ2v) is 3.58. The third-order valence-electron chi connectivity index (χ3n) is 1.87. The maximum atomic E-state index is 5.49. The molecule has 0 amide bonds. The predicted octanol–water partition coefficient (Wildman–Crippen LogP) is 0.993. The van der Waals surface area contributed by atoms with Crippen molar-refractivity contribution in [1.29, 1.82) is 0 Å². The van der Waals surface area contributed by atoms with E-state index in [4.69, 9.17) is 5.73 Å². The molecule has 68 valence electrons. The quantitative estimate of drug-likeness (QED) is 0.853. The van der Waals surface area contributed by atoms with Crippen molar-refractivity contribution >= 4 is 21.4 Å². The van der Waals surface area contributed by atoms with Crippen LogP contribution >= 0.6 is 15.9 Å². The molecule has 2 aromatic heterocycles. The largest absolute Gasteiger partial charge is 0.330 e. The number of hydrogen-bond acceptors (Lipinski definition) is 3. The molecule has 0 atom stereocenters. The molecule has 4 nitrogen and oxygen atoms in total. The van der Waals surface area contributed by atoms with E-state index in [2.05, 4.69) is 26.0 Å². The standard InChI is InChI=1S/C8H9BrN4/c9-7-3-6(1-2-10)13-8(7)4-11-5-12-13/h3-5H,1-2,10H2. The van der Waals surface area contributed by atoms with Crippen molar-refractivity contribution in [1.82, 2.24) is 14.6 Å². The number of hydrogen-bond donors (Lipinski definition) is 1. The first-order chi connectivity index (χ1) is 6.33. The third-order valence-corrected chi connectivity index (χ3v) is 2.50. The molecule has 0 aliphatic rings. The monoisotopic (exact) mass is 240 g/mol. The van der Waals surface area contributed by atoms with Crippen molar-refractivity contribution < 1.29 is 0 Å². The van der Waals surface area contributed by atoms with E-state index in [1.54, 1.807) is 6.20 Å². The number of halogens is 1. The number of rotatable bonds is 2. The normalized spacial score (nSPS) is 10.9. The average molecular weight is 241 g/mol. The number of nitrogens with zero attached hydrogens (tertiary/aromatic N) is 3. The lowest BCUT2D eigenvalue weighted by molar-refractivity contribution is 0.811. The Morgan fingerprint density at radius 1 is 1.54 bits per heavy atom. The summed E-state index contributed by atoms with van der Waals surface area (Å²) in [6.45, 7) is 0.628. The molecule has 0 saturated carbocycles. The molecular weight excluding hydrogens is 232 g/mol. The van der Waals surface area contributed by atoms with Gasteiger partial charge in [0.15, 0.2) is 0 Å². The lowest BCUT2D eigenvalue weighted by atomic mass is 10.3. The highest BCUT2D eigenvalue weighted by molar-refractivity contribution is 9.10. The van der Waals surface area contributed by atoms with Gasteiger partial charge in [0.1, 0.15) is 6.33 Å². The summed E-state index contributed by atoms with van der Waals surface area (Å²) in [6, 6.07) is 2.02. The summed E-state index contributed by atoms with van der Waals surface area (Å²) in [5, 5.41) is 4.14. The molecule has 2 rings (SSSR count). The van der Waals surface area contributed by atoms with Crippen LogP contribution in [-0.4, -0.2) is 21.1 Å². The van der Waals surface area contributed by atoms with Gasteiger partial charge in [-0.25, -0.2) is 9.50 Å². The van der Waals surface area contributed by atoms with Crippen LogP contribution in [0, 0.1) is 0 Å². The summed E-state index contributed by atoms with van der Waals surface area (Å²) in [7, 11) is 0. The van der Waals surface area contributed by atoms with Gasteiger partial charge in [-0.2, -0.15) is 5.10 Å². The highest BCUT2D eigenvalue weighted by Gasteiger charge is 2.06. The molecule has 0 fully saturated rings. The first-order valence-electron chi connectivity index (χ1n) is 3.99. The van der Waals surface area contributed by atoms with Crippen molar-refractivity contribution in [2.45, 2.75) is 6.42 Å². The highest BCUT2D eigenvalue weighted by Crippen LogP contribution is 2.20. The molecule has 13 heavy (non-hydrogen) atoms. The van der Waals surface area contributed by atoms with E-state index in [9.17, 15) is 0 Å². The van der Waals surface area contributed by atoms with Gasteiger partial charge in [-0.05, 0) is 28.5 Å². The van der Waals surface area contributed by atoms with Crippen LogP contribution in [0.25, 0.3) is 5.52 Å². The summed E-state index contributed by atoms with van der Waals surface area (Å²) < 4.78 is 2.86. The fraction of sp³-hybridized carbons (Fsp3) is 0.250. The zero-order chi connectivity index (χ0) is 9.26. The summed E-state index contributed by atoms with van der Waals surface area (Å²) >= 11 is 3.45. The third kappa shape index (κ3) is 1.45. The first-order valence-corrected chi connectivity index (χ1v) is 4.78. The van der Waals surface area contributed by atoms with Crippen molar-refractivity contribution in [2.24, 2.45) is 5.73 Å². The number of aromatic nitrogens is 3. The predicted molar refractivity (Wildman–Crippen MR) is 53.4 cm³/mol. The van der Waals surface area contributed by atoms with Crippen LogP contribution < -0.4 is 5.73 Å². The Morgan fingerprint density at radius 3 is 3.15 bits per heavy atom. The lowest BCUT2D eigenvalue weighted by Gasteiger charge is -1.97. The van der Waals surface area contributed by atoms with Crippen LogP contribution in [0.1, 0.15) is 5.69 Å². The fourth-order valence-corrected chi connectivity index (χ4v) is 1.84. The van der Waals surface area contributed by atoms with E-state index >= 15 is 0 Å². The van der Waals surface area contributed by atoms with Crippen LogP contribution in [0.3, 0.4) is 0 Å². The zero-order valence-electron chi connectivity index (χ0n) is 6.94. The van der Waals surface area contributed by atoms with E-state index in [1.165, 1.54) is 6.33 Å². The Balaban J connectivity index is 2.63. The minimum absolute atomic E-state index is 0.628. The molecule has 0 bridgehead atoms. The van der Waals surface area contributed by atoms with E-state index in [1.807, 2.05) is 10.6 Å². The fourth-order valence-electron chi connectivity index (χ4n) is 1.30. The summed E-state index contributed by atoms with van der Waals surface area (Å²) in [6.07, 6.45) is 4.13. The van der Waals surface area contributed by atoms with Crippen molar-refractivity contribution in [3.05, 3.63) is 28.8 Å². The summed E-state index contributed by atoms with van der Waals surface area (Å²) in [5.74, 6) is 0. The number of nitrogens with two attached hydrogens (primary N) is 1. The Kier molecular flexibility index (Phi) is 2.28. The molecule has 2 heterocycles. The molecule has 0 spiro atoms. The Morgan fingerprint density at radius 2 is 2.38 bits per heavy atom. The minimum atomic E-state index is 0.628. The Labute approximate surface area is 83.9 Å². The number of fused-ring (bicyclic) bond motifs is 1. The molecule has 0 saturated heterocycles. The lowest BCUT2D eigenvalue weighted by Crippen LogP contribution is -2.06. The van der Waals surface area contributed by atoms with Gasteiger partial charge in [0.05, 0.1) is 11.7 Å². The molecule has 0 unspecified atom stereocenters. The Bertz CT molecular complexity index is 423. The first kappa shape index (κ1) is 8.65. The van der Waals surface area contributed by atoms with Crippen molar-refractivity contribution in [3.63, 3.8) is 0 Å². The second-order valence-electron chi connectivity index (χ2n) is 2.73. The van der Waals surface area contributed by atoms with Crippen molar-refractivity contribution in [2.75, 3.05) is 6.54 Å². The average Bonchev–Trinajstić information content (AvgIpc) is 2.46. The van der Waals surface area contributed by atoms with Crippen LogP contribution in [0.4, 0.5) is 0 Å². The van der Waals surface area contributed by atoms with Gasteiger partial charge < -0.3 is 5.73 Å². The summed E-state index contributed by atoms with van der Waals surface area (Å²) in [5.41, 5.74) is 7.57. The second kappa shape index (κ2) is 3.43. The van der Waals surface area contributed by atoms with E-state index in [0.717, 1.165) is 22.1 Å². The molecule has 2 N–H and O–H groups in total. The van der Waals surface area contributed by atoms with Gasteiger partial charge in [0.2, 0.25) is 0 Å². The molecule has 0 aromatic carbocycles. The summed E-state index contributed by atoms with van der Waals surface area (Å²) in [4.78, 5) is 3.95. The minimum Gasteiger partial charge on any atom is -0.330 e. The van der Waals surface area contributed by atoms with Crippen LogP contribution in [0.5, 0.6) is 0 Å². The molecule has 0 aliphatic heterocycles.